The maximum atomic E-state index is 5.52. The van der Waals surface area contributed by atoms with Gasteiger partial charge in [-0.1, -0.05) is 12.1 Å². The highest BCUT2D eigenvalue weighted by Crippen LogP contribution is 2.20. The van der Waals surface area contributed by atoms with Crippen molar-refractivity contribution in [1.82, 2.24) is 10.1 Å². The first kappa shape index (κ1) is 12.6. The highest BCUT2D eigenvalue weighted by atomic mass is 16.5. The lowest BCUT2D eigenvalue weighted by Crippen LogP contribution is -2.16. The molecule has 0 aliphatic heterocycles. The SMILES string of the molecule is CCN(C)c1noc(-c2ccc(CCN)cc2)n1. The molecule has 0 saturated heterocycles. The van der Waals surface area contributed by atoms with Crippen LogP contribution in [-0.2, 0) is 6.42 Å². The van der Waals surface area contributed by atoms with Crippen LogP contribution in [-0.4, -0.2) is 30.3 Å². The van der Waals surface area contributed by atoms with E-state index < -0.39 is 0 Å². The minimum Gasteiger partial charge on any atom is -0.342 e. The Kier molecular flexibility index (Phi) is 3.94. The van der Waals surface area contributed by atoms with Gasteiger partial charge in [-0.3, -0.25) is 0 Å². The number of rotatable bonds is 5. The lowest BCUT2D eigenvalue weighted by molar-refractivity contribution is 0.430. The molecule has 0 amide bonds. The summed E-state index contributed by atoms with van der Waals surface area (Å²) < 4.78 is 5.25. The van der Waals surface area contributed by atoms with Gasteiger partial charge in [0.25, 0.3) is 11.8 Å². The van der Waals surface area contributed by atoms with Gasteiger partial charge in [0.15, 0.2) is 0 Å². The highest BCUT2D eigenvalue weighted by Gasteiger charge is 2.10. The van der Waals surface area contributed by atoms with Gasteiger partial charge >= 0.3 is 0 Å². The molecule has 0 radical (unpaired) electrons. The van der Waals surface area contributed by atoms with Gasteiger partial charge in [-0.25, -0.2) is 0 Å². The van der Waals surface area contributed by atoms with Crippen molar-refractivity contribution < 1.29 is 4.52 Å². The molecule has 0 atom stereocenters. The number of anilines is 1. The third-order valence-electron chi connectivity index (χ3n) is 2.86. The molecule has 0 aliphatic rings. The largest absolute Gasteiger partial charge is 0.342 e. The maximum Gasteiger partial charge on any atom is 0.266 e. The van der Waals surface area contributed by atoms with Crippen LogP contribution in [0, 0.1) is 0 Å². The number of hydrogen-bond donors (Lipinski definition) is 1. The van der Waals surface area contributed by atoms with Crippen LogP contribution >= 0.6 is 0 Å². The monoisotopic (exact) mass is 246 g/mol. The number of aromatic nitrogens is 2. The van der Waals surface area contributed by atoms with Crippen LogP contribution in [0.3, 0.4) is 0 Å². The van der Waals surface area contributed by atoms with Crippen LogP contribution in [0.4, 0.5) is 5.95 Å². The lowest BCUT2D eigenvalue weighted by Gasteiger charge is -2.08. The fourth-order valence-corrected chi connectivity index (χ4v) is 1.61. The summed E-state index contributed by atoms with van der Waals surface area (Å²) in [6.07, 6.45) is 0.883. The van der Waals surface area contributed by atoms with Crippen LogP contribution in [0.25, 0.3) is 11.5 Å². The summed E-state index contributed by atoms with van der Waals surface area (Å²) in [5.74, 6) is 1.16. The van der Waals surface area contributed by atoms with Crippen LogP contribution in [0.1, 0.15) is 12.5 Å². The molecule has 2 aromatic rings. The molecule has 1 aromatic carbocycles. The second kappa shape index (κ2) is 5.64. The van der Waals surface area contributed by atoms with Crippen molar-refractivity contribution >= 4 is 5.95 Å². The summed E-state index contributed by atoms with van der Waals surface area (Å²) in [5.41, 5.74) is 7.66. The molecule has 0 saturated carbocycles. The zero-order chi connectivity index (χ0) is 13.0. The van der Waals surface area contributed by atoms with Crippen LogP contribution in [0.2, 0.25) is 0 Å². The van der Waals surface area contributed by atoms with Crippen molar-refractivity contribution in [3.63, 3.8) is 0 Å². The molecule has 0 aliphatic carbocycles. The molecule has 5 nitrogen and oxygen atoms in total. The number of nitrogens with zero attached hydrogens (tertiary/aromatic N) is 3. The summed E-state index contributed by atoms with van der Waals surface area (Å²) in [6.45, 7) is 3.54. The molecule has 1 heterocycles. The van der Waals surface area contributed by atoms with Crippen molar-refractivity contribution in [3.05, 3.63) is 29.8 Å². The van der Waals surface area contributed by atoms with Crippen LogP contribution in [0.5, 0.6) is 0 Å². The van der Waals surface area contributed by atoms with Crippen molar-refractivity contribution in [2.45, 2.75) is 13.3 Å². The van der Waals surface area contributed by atoms with E-state index in [-0.39, 0.29) is 0 Å². The van der Waals surface area contributed by atoms with E-state index in [1.165, 1.54) is 5.56 Å². The predicted molar refractivity (Wildman–Crippen MR) is 71.4 cm³/mol. The van der Waals surface area contributed by atoms with Crippen molar-refractivity contribution in [2.24, 2.45) is 5.73 Å². The Morgan fingerprint density at radius 2 is 2.00 bits per heavy atom. The topological polar surface area (TPSA) is 68.2 Å². The molecule has 0 bridgehead atoms. The third-order valence-corrected chi connectivity index (χ3v) is 2.86. The quantitative estimate of drug-likeness (QED) is 0.869. The molecule has 1 aromatic heterocycles. The van der Waals surface area contributed by atoms with E-state index in [0.29, 0.717) is 18.4 Å². The van der Waals surface area contributed by atoms with Crippen LogP contribution < -0.4 is 10.6 Å². The summed E-state index contributed by atoms with van der Waals surface area (Å²) in [4.78, 5) is 6.28. The summed E-state index contributed by atoms with van der Waals surface area (Å²) in [7, 11) is 1.93. The Hall–Kier alpha value is -1.88. The number of nitrogens with two attached hydrogens (primary N) is 1. The fourth-order valence-electron chi connectivity index (χ4n) is 1.61. The molecular formula is C13H18N4O. The zero-order valence-electron chi connectivity index (χ0n) is 10.8. The minimum absolute atomic E-state index is 0.546. The second-order valence-corrected chi connectivity index (χ2v) is 4.15. The Morgan fingerprint density at radius 3 is 2.61 bits per heavy atom. The Bertz CT molecular complexity index is 492. The molecule has 2 rings (SSSR count). The van der Waals surface area contributed by atoms with Crippen LogP contribution in [0.15, 0.2) is 28.8 Å². The van der Waals surface area contributed by atoms with E-state index >= 15 is 0 Å². The van der Waals surface area contributed by atoms with E-state index in [1.54, 1.807) is 0 Å². The molecule has 0 unspecified atom stereocenters. The molecule has 0 spiro atoms. The van der Waals surface area contributed by atoms with E-state index in [2.05, 4.69) is 10.1 Å². The second-order valence-electron chi connectivity index (χ2n) is 4.15. The predicted octanol–water partition coefficient (Wildman–Crippen LogP) is 1.69. The van der Waals surface area contributed by atoms with E-state index in [0.717, 1.165) is 18.5 Å². The van der Waals surface area contributed by atoms with Gasteiger partial charge in [-0.2, -0.15) is 4.98 Å². The summed E-state index contributed by atoms with van der Waals surface area (Å²) >= 11 is 0. The molecular weight excluding hydrogens is 228 g/mol. The molecule has 96 valence electrons. The van der Waals surface area contributed by atoms with Gasteiger partial charge in [-0.05, 0) is 42.7 Å². The smallest absolute Gasteiger partial charge is 0.266 e. The minimum atomic E-state index is 0.546. The first-order chi connectivity index (χ1) is 8.74. The van der Waals surface area contributed by atoms with E-state index in [1.807, 2.05) is 43.1 Å². The zero-order valence-corrected chi connectivity index (χ0v) is 10.8. The maximum absolute atomic E-state index is 5.52. The van der Waals surface area contributed by atoms with Gasteiger partial charge < -0.3 is 15.2 Å². The Morgan fingerprint density at radius 1 is 1.28 bits per heavy atom. The fraction of sp³-hybridized carbons (Fsp3) is 0.385. The van der Waals surface area contributed by atoms with Crippen molar-refractivity contribution in [1.29, 1.82) is 0 Å². The van der Waals surface area contributed by atoms with Gasteiger partial charge in [0.1, 0.15) is 0 Å². The molecule has 2 N–H and O–H groups in total. The van der Waals surface area contributed by atoms with E-state index in [9.17, 15) is 0 Å². The highest BCUT2D eigenvalue weighted by molar-refractivity contribution is 5.54. The average Bonchev–Trinajstić information content (AvgIpc) is 2.89. The van der Waals surface area contributed by atoms with Crippen molar-refractivity contribution in [2.75, 3.05) is 25.0 Å². The molecule has 0 fully saturated rings. The van der Waals surface area contributed by atoms with Crippen molar-refractivity contribution in [3.8, 4) is 11.5 Å². The number of benzene rings is 1. The first-order valence-corrected chi connectivity index (χ1v) is 6.08. The Balaban J connectivity index is 2.18. The van der Waals surface area contributed by atoms with Gasteiger partial charge in [0.05, 0.1) is 0 Å². The lowest BCUT2D eigenvalue weighted by atomic mass is 10.1. The van der Waals surface area contributed by atoms with E-state index in [4.69, 9.17) is 10.3 Å². The Labute approximate surface area is 107 Å². The normalized spacial score (nSPS) is 10.6. The van der Waals surface area contributed by atoms with Gasteiger partial charge in [0.2, 0.25) is 0 Å². The third kappa shape index (κ3) is 2.68. The molecule has 18 heavy (non-hydrogen) atoms. The first-order valence-electron chi connectivity index (χ1n) is 6.08. The standard InChI is InChI=1S/C13H18N4O/c1-3-17(2)13-15-12(18-16-13)11-6-4-10(5-7-11)8-9-14/h4-7H,3,8-9,14H2,1-2H3. The van der Waals surface area contributed by atoms with Gasteiger partial charge in [-0.15, -0.1) is 0 Å². The summed E-state index contributed by atoms with van der Waals surface area (Å²) in [5, 5.41) is 3.94. The number of hydrogen-bond acceptors (Lipinski definition) is 5. The van der Waals surface area contributed by atoms with Gasteiger partial charge in [0, 0.05) is 19.2 Å². The molecule has 5 heteroatoms. The summed E-state index contributed by atoms with van der Waals surface area (Å²) in [6, 6.07) is 8.04. The average molecular weight is 246 g/mol.